The molecule has 1 N–H and O–H groups in total. The Morgan fingerprint density at radius 1 is 1.23 bits per heavy atom. The number of aliphatic hydroxyl groups is 1. The van der Waals surface area contributed by atoms with Gasteiger partial charge in [-0.25, -0.2) is 4.39 Å². The van der Waals surface area contributed by atoms with Crippen molar-refractivity contribution in [2.75, 3.05) is 59.2 Å². The van der Waals surface area contributed by atoms with E-state index in [-0.39, 0.29) is 12.4 Å². The second-order valence-corrected chi connectivity index (χ2v) is 7.89. The molecule has 3 rings (SSSR count). The largest absolute Gasteiger partial charge is 0.389 e. The van der Waals surface area contributed by atoms with Crippen molar-refractivity contribution in [3.8, 4) is 0 Å². The van der Waals surface area contributed by atoms with Gasteiger partial charge in [0.2, 0.25) is 0 Å². The van der Waals surface area contributed by atoms with E-state index in [4.69, 9.17) is 9.47 Å². The van der Waals surface area contributed by atoms with Gasteiger partial charge in [0.1, 0.15) is 5.82 Å². The predicted octanol–water partition coefficient (Wildman–Crippen LogP) is 2.37. The van der Waals surface area contributed by atoms with Crippen LogP contribution in [0.15, 0.2) is 55.3 Å². The van der Waals surface area contributed by atoms with Crippen molar-refractivity contribution >= 4 is 0 Å². The second-order valence-electron chi connectivity index (χ2n) is 7.89. The average molecular weight is 432 g/mol. The lowest BCUT2D eigenvalue weighted by Gasteiger charge is -2.31. The maximum atomic E-state index is 14.1. The molecule has 7 heteroatoms. The van der Waals surface area contributed by atoms with Crippen LogP contribution in [0, 0.1) is 5.82 Å². The molecule has 0 radical (unpaired) electrons. The molecule has 0 bridgehead atoms. The molecular formula is C24H34FN3O3. The summed E-state index contributed by atoms with van der Waals surface area (Å²) in [5.74, 6) is -0.193. The van der Waals surface area contributed by atoms with E-state index in [1.807, 2.05) is 24.4 Å². The third kappa shape index (κ3) is 7.87. The van der Waals surface area contributed by atoms with Gasteiger partial charge >= 0.3 is 0 Å². The maximum Gasteiger partial charge on any atom is 0.128 e. The molecule has 170 valence electrons. The van der Waals surface area contributed by atoms with Crippen LogP contribution in [0.4, 0.5) is 4.39 Å². The fraction of sp³-hybridized carbons (Fsp3) is 0.500. The average Bonchev–Trinajstić information content (AvgIpc) is 3.21. The summed E-state index contributed by atoms with van der Waals surface area (Å²) in [4.78, 5) is 4.63. The molecule has 31 heavy (non-hydrogen) atoms. The van der Waals surface area contributed by atoms with E-state index in [0.717, 1.165) is 45.1 Å². The summed E-state index contributed by atoms with van der Waals surface area (Å²) in [6, 6.07) is 10.9. The molecule has 0 spiro atoms. The number of benzene rings is 1. The summed E-state index contributed by atoms with van der Waals surface area (Å²) in [6.45, 7) is 11.1. The quantitative estimate of drug-likeness (QED) is 0.390. The highest BCUT2D eigenvalue weighted by Gasteiger charge is 2.17. The Labute approximate surface area is 184 Å². The number of nitrogens with zero attached hydrogens (tertiary/aromatic N) is 3. The van der Waals surface area contributed by atoms with Gasteiger partial charge < -0.3 is 19.1 Å². The summed E-state index contributed by atoms with van der Waals surface area (Å²) in [5, 5.41) is 10.5. The Morgan fingerprint density at radius 2 is 2.03 bits per heavy atom. The van der Waals surface area contributed by atoms with Gasteiger partial charge in [-0.2, -0.15) is 0 Å². The first kappa shape index (κ1) is 23.6. The molecule has 2 aromatic rings. The molecule has 0 unspecified atom stereocenters. The number of ether oxygens (including phenoxy) is 2. The molecule has 1 aromatic carbocycles. The topological polar surface area (TPSA) is 50.1 Å². The number of hydrogen-bond donors (Lipinski definition) is 1. The zero-order valence-corrected chi connectivity index (χ0v) is 18.2. The number of halogens is 1. The van der Waals surface area contributed by atoms with Gasteiger partial charge in [-0.05, 0) is 18.2 Å². The van der Waals surface area contributed by atoms with Gasteiger partial charge in [0.05, 0.1) is 39.1 Å². The second kappa shape index (κ2) is 12.7. The Morgan fingerprint density at radius 3 is 2.81 bits per heavy atom. The normalized spacial score (nSPS) is 16.0. The molecule has 1 aromatic heterocycles. The Kier molecular flexibility index (Phi) is 9.71. The first-order chi connectivity index (χ1) is 15.2. The molecule has 1 atom stereocenters. The number of aromatic nitrogens is 1. The third-order valence-electron chi connectivity index (χ3n) is 5.46. The zero-order valence-electron chi connectivity index (χ0n) is 18.2. The number of rotatable bonds is 13. The molecule has 1 fully saturated rings. The van der Waals surface area contributed by atoms with Crippen molar-refractivity contribution in [3.05, 3.63) is 72.3 Å². The zero-order chi connectivity index (χ0) is 21.9. The molecule has 2 heterocycles. The van der Waals surface area contributed by atoms with Crippen LogP contribution < -0.4 is 0 Å². The van der Waals surface area contributed by atoms with Crippen molar-refractivity contribution in [2.24, 2.45) is 0 Å². The standard InChI is InChI=1S/C24H34FN3O3/c1-2-14-31-20-23(29)19-27(11-10-26-12-15-30-16-13-26)18-22-7-5-9-28(22)17-21-6-3-4-8-24(21)25/h2-9,23,29H,1,10-20H2/t23-/m0/s1. The van der Waals surface area contributed by atoms with Gasteiger partial charge in [0, 0.05) is 56.7 Å². The fourth-order valence-electron chi connectivity index (χ4n) is 3.77. The van der Waals surface area contributed by atoms with Gasteiger partial charge in [0.15, 0.2) is 0 Å². The Bertz CT molecular complexity index is 792. The van der Waals surface area contributed by atoms with E-state index >= 15 is 0 Å². The number of hydrogen-bond acceptors (Lipinski definition) is 5. The van der Waals surface area contributed by atoms with E-state index in [2.05, 4.69) is 27.0 Å². The minimum absolute atomic E-state index is 0.193. The van der Waals surface area contributed by atoms with Crippen LogP contribution >= 0.6 is 0 Å². The summed E-state index contributed by atoms with van der Waals surface area (Å²) in [7, 11) is 0. The number of morpholine rings is 1. The van der Waals surface area contributed by atoms with Crippen LogP contribution in [0.25, 0.3) is 0 Å². The van der Waals surface area contributed by atoms with Crippen LogP contribution in [0.2, 0.25) is 0 Å². The molecule has 0 amide bonds. The highest BCUT2D eigenvalue weighted by molar-refractivity contribution is 5.19. The lowest BCUT2D eigenvalue weighted by molar-refractivity contribution is 0.0124. The van der Waals surface area contributed by atoms with Gasteiger partial charge in [0.25, 0.3) is 0 Å². The molecule has 1 aliphatic rings. The highest BCUT2D eigenvalue weighted by Crippen LogP contribution is 2.14. The van der Waals surface area contributed by atoms with Crippen LogP contribution in [0.1, 0.15) is 11.3 Å². The Hall–Kier alpha value is -2.03. The van der Waals surface area contributed by atoms with E-state index in [1.165, 1.54) is 6.07 Å². The van der Waals surface area contributed by atoms with Crippen LogP contribution in [-0.2, 0) is 22.6 Å². The minimum atomic E-state index is -0.584. The van der Waals surface area contributed by atoms with Gasteiger partial charge in [-0.3, -0.25) is 9.80 Å². The summed E-state index contributed by atoms with van der Waals surface area (Å²) >= 11 is 0. The van der Waals surface area contributed by atoms with Gasteiger partial charge in [-0.1, -0.05) is 24.3 Å². The molecule has 0 saturated carbocycles. The van der Waals surface area contributed by atoms with E-state index in [0.29, 0.717) is 31.8 Å². The lowest BCUT2D eigenvalue weighted by Crippen LogP contribution is -2.43. The predicted molar refractivity (Wildman–Crippen MR) is 119 cm³/mol. The van der Waals surface area contributed by atoms with E-state index in [9.17, 15) is 9.50 Å². The highest BCUT2D eigenvalue weighted by atomic mass is 19.1. The SMILES string of the molecule is C=CCOC[C@@H](O)CN(CCN1CCOCC1)Cc1cccn1Cc1ccccc1F. The number of aliphatic hydroxyl groups excluding tert-OH is 1. The summed E-state index contributed by atoms with van der Waals surface area (Å²) in [6.07, 6.45) is 3.07. The first-order valence-corrected chi connectivity index (χ1v) is 10.9. The molecule has 0 aliphatic carbocycles. The van der Waals surface area contributed by atoms with E-state index in [1.54, 1.807) is 12.1 Å². The molecular weight excluding hydrogens is 397 g/mol. The minimum Gasteiger partial charge on any atom is -0.389 e. The van der Waals surface area contributed by atoms with Crippen LogP contribution in [0.3, 0.4) is 0 Å². The van der Waals surface area contributed by atoms with Gasteiger partial charge in [-0.15, -0.1) is 6.58 Å². The smallest absolute Gasteiger partial charge is 0.128 e. The molecule has 1 aliphatic heterocycles. The van der Waals surface area contributed by atoms with Crippen LogP contribution in [-0.4, -0.2) is 84.7 Å². The van der Waals surface area contributed by atoms with Crippen molar-refractivity contribution in [2.45, 2.75) is 19.2 Å². The Balaban J connectivity index is 1.63. The third-order valence-corrected chi connectivity index (χ3v) is 5.46. The summed E-state index contributed by atoms with van der Waals surface area (Å²) in [5.41, 5.74) is 1.75. The van der Waals surface area contributed by atoms with Crippen molar-refractivity contribution in [1.82, 2.24) is 14.4 Å². The van der Waals surface area contributed by atoms with Crippen molar-refractivity contribution in [3.63, 3.8) is 0 Å². The van der Waals surface area contributed by atoms with E-state index < -0.39 is 6.10 Å². The fourth-order valence-corrected chi connectivity index (χ4v) is 3.77. The van der Waals surface area contributed by atoms with Crippen molar-refractivity contribution in [1.29, 1.82) is 0 Å². The molecule has 1 saturated heterocycles. The maximum absolute atomic E-state index is 14.1. The van der Waals surface area contributed by atoms with Crippen molar-refractivity contribution < 1.29 is 19.0 Å². The van der Waals surface area contributed by atoms with Crippen LogP contribution in [0.5, 0.6) is 0 Å². The lowest BCUT2D eigenvalue weighted by atomic mass is 10.2. The summed E-state index contributed by atoms with van der Waals surface area (Å²) < 4.78 is 27.1. The molecule has 6 nitrogen and oxygen atoms in total. The first-order valence-electron chi connectivity index (χ1n) is 10.9. The monoisotopic (exact) mass is 431 g/mol.